The van der Waals surface area contributed by atoms with E-state index in [9.17, 15) is 13.2 Å². The monoisotopic (exact) mass is 434 g/mol. The molecule has 5 nitrogen and oxygen atoms in total. The highest BCUT2D eigenvalue weighted by molar-refractivity contribution is 7.90. The number of rotatable bonds is 6. The van der Waals surface area contributed by atoms with Crippen molar-refractivity contribution >= 4 is 21.6 Å². The minimum atomic E-state index is -3.26. The Kier molecular flexibility index (Phi) is 7.61. The largest absolute Gasteiger partial charge is 0.326 e. The van der Waals surface area contributed by atoms with Gasteiger partial charge in [-0.1, -0.05) is 26.0 Å². The Bertz CT molecular complexity index is 801. The van der Waals surface area contributed by atoms with Crippen LogP contribution in [0.15, 0.2) is 24.3 Å². The second-order valence-electron chi connectivity index (χ2n) is 9.99. The maximum absolute atomic E-state index is 12.7. The standard InChI is InChI=1S/C24H38N2O3S/c1-16(2)30(28,29)26-23-11-7-20(8-12-23)24(27)25-22-9-5-19(6-10-22)21-14-17(3)13-18(4)15-21/h5-6,9-10,16-18,20-21,23,26H,7-8,11-15H2,1-4H3,(H,25,27)/t17?,18?,20-,21?,23-. The van der Waals surface area contributed by atoms with Crippen LogP contribution >= 0.6 is 0 Å². The third-order valence-electron chi connectivity index (χ3n) is 6.88. The van der Waals surface area contributed by atoms with E-state index in [0.29, 0.717) is 31.6 Å². The van der Waals surface area contributed by atoms with E-state index in [4.69, 9.17) is 0 Å². The Morgan fingerprint density at radius 2 is 1.50 bits per heavy atom. The number of sulfonamides is 1. The highest BCUT2D eigenvalue weighted by Crippen LogP contribution is 2.39. The second kappa shape index (κ2) is 9.82. The molecule has 1 amide bonds. The number of benzene rings is 1. The van der Waals surface area contributed by atoms with Crippen molar-refractivity contribution in [2.75, 3.05) is 5.32 Å². The van der Waals surface area contributed by atoms with Gasteiger partial charge < -0.3 is 5.32 Å². The Morgan fingerprint density at radius 3 is 2.03 bits per heavy atom. The van der Waals surface area contributed by atoms with Crippen LogP contribution in [0.2, 0.25) is 0 Å². The first kappa shape index (κ1) is 23.3. The first-order chi connectivity index (χ1) is 14.1. The van der Waals surface area contributed by atoms with E-state index in [1.165, 1.54) is 24.8 Å². The Labute approximate surface area is 182 Å². The van der Waals surface area contributed by atoms with Crippen molar-refractivity contribution in [3.63, 3.8) is 0 Å². The van der Waals surface area contributed by atoms with E-state index < -0.39 is 15.3 Å². The van der Waals surface area contributed by atoms with E-state index in [1.807, 2.05) is 12.1 Å². The molecule has 0 aliphatic heterocycles. The summed E-state index contributed by atoms with van der Waals surface area (Å²) in [4.78, 5) is 12.7. The third kappa shape index (κ3) is 6.07. The van der Waals surface area contributed by atoms with Gasteiger partial charge in [0.2, 0.25) is 15.9 Å². The summed E-state index contributed by atoms with van der Waals surface area (Å²) in [6.45, 7) is 8.06. The van der Waals surface area contributed by atoms with Crippen LogP contribution in [0.1, 0.15) is 84.1 Å². The molecule has 0 radical (unpaired) electrons. The normalized spacial score (nSPS) is 30.2. The predicted octanol–water partition coefficient (Wildman–Crippen LogP) is 5.05. The average molecular weight is 435 g/mol. The number of hydrogen-bond acceptors (Lipinski definition) is 3. The summed E-state index contributed by atoms with van der Waals surface area (Å²) in [5.41, 5.74) is 2.23. The van der Waals surface area contributed by atoms with Gasteiger partial charge in [0, 0.05) is 17.6 Å². The molecule has 2 aliphatic carbocycles. The van der Waals surface area contributed by atoms with E-state index in [2.05, 4.69) is 36.0 Å². The maximum Gasteiger partial charge on any atom is 0.227 e. The van der Waals surface area contributed by atoms with E-state index in [0.717, 1.165) is 17.5 Å². The molecule has 3 rings (SSSR count). The van der Waals surface area contributed by atoms with Crippen LogP contribution in [0.25, 0.3) is 0 Å². The van der Waals surface area contributed by atoms with Crippen LogP contribution in [-0.4, -0.2) is 25.6 Å². The lowest BCUT2D eigenvalue weighted by atomic mass is 9.74. The average Bonchev–Trinajstić information content (AvgIpc) is 2.68. The minimum absolute atomic E-state index is 0.0489. The summed E-state index contributed by atoms with van der Waals surface area (Å²) >= 11 is 0. The van der Waals surface area contributed by atoms with E-state index >= 15 is 0 Å². The second-order valence-corrected chi connectivity index (χ2v) is 12.3. The summed E-state index contributed by atoms with van der Waals surface area (Å²) < 4.78 is 26.9. The van der Waals surface area contributed by atoms with Crippen molar-refractivity contribution in [2.45, 2.75) is 89.9 Å². The highest BCUT2D eigenvalue weighted by Gasteiger charge is 2.30. The molecule has 2 saturated carbocycles. The first-order valence-corrected chi connectivity index (χ1v) is 13.1. The molecule has 2 N–H and O–H groups in total. The van der Waals surface area contributed by atoms with Gasteiger partial charge in [0.15, 0.2) is 0 Å². The fourth-order valence-corrected chi connectivity index (χ4v) is 6.12. The zero-order valence-corrected chi connectivity index (χ0v) is 19.7. The molecule has 2 fully saturated rings. The van der Waals surface area contributed by atoms with Gasteiger partial charge in [-0.15, -0.1) is 0 Å². The van der Waals surface area contributed by atoms with Gasteiger partial charge in [0.25, 0.3) is 0 Å². The van der Waals surface area contributed by atoms with Gasteiger partial charge in [0.1, 0.15) is 0 Å². The molecule has 1 aromatic rings. The lowest BCUT2D eigenvalue weighted by Crippen LogP contribution is -2.42. The molecular weight excluding hydrogens is 396 g/mol. The van der Waals surface area contributed by atoms with E-state index in [-0.39, 0.29) is 17.9 Å². The van der Waals surface area contributed by atoms with Gasteiger partial charge in [-0.3, -0.25) is 4.79 Å². The Morgan fingerprint density at radius 1 is 0.933 bits per heavy atom. The van der Waals surface area contributed by atoms with Crippen LogP contribution in [-0.2, 0) is 14.8 Å². The molecule has 0 aromatic heterocycles. The van der Waals surface area contributed by atoms with Crippen molar-refractivity contribution in [1.29, 1.82) is 0 Å². The number of anilines is 1. The van der Waals surface area contributed by atoms with Crippen LogP contribution in [0.4, 0.5) is 5.69 Å². The Hall–Kier alpha value is -1.40. The maximum atomic E-state index is 12.7. The molecule has 0 saturated heterocycles. The Balaban J connectivity index is 1.50. The van der Waals surface area contributed by atoms with Gasteiger partial charge in [0.05, 0.1) is 5.25 Å². The van der Waals surface area contributed by atoms with Crippen molar-refractivity contribution in [2.24, 2.45) is 17.8 Å². The lowest BCUT2D eigenvalue weighted by molar-refractivity contribution is -0.120. The van der Waals surface area contributed by atoms with Crippen molar-refractivity contribution < 1.29 is 13.2 Å². The molecule has 0 bridgehead atoms. The van der Waals surface area contributed by atoms with Crippen LogP contribution in [0.3, 0.4) is 0 Å². The summed E-state index contributed by atoms with van der Waals surface area (Å²) in [5, 5.41) is 2.63. The highest BCUT2D eigenvalue weighted by atomic mass is 32.2. The quantitative estimate of drug-likeness (QED) is 0.658. The number of carbonyl (C=O) groups is 1. The SMILES string of the molecule is CC1CC(C)CC(c2ccc(NC(=O)[C@H]3CC[C@H](NS(=O)(=O)C(C)C)CC3)cc2)C1. The van der Waals surface area contributed by atoms with Crippen molar-refractivity contribution in [3.8, 4) is 0 Å². The lowest BCUT2D eigenvalue weighted by Gasteiger charge is -2.32. The van der Waals surface area contributed by atoms with Gasteiger partial charge >= 0.3 is 0 Å². The van der Waals surface area contributed by atoms with Crippen molar-refractivity contribution in [3.05, 3.63) is 29.8 Å². The van der Waals surface area contributed by atoms with Crippen molar-refractivity contribution in [1.82, 2.24) is 4.72 Å². The van der Waals surface area contributed by atoms with Gasteiger partial charge in [-0.25, -0.2) is 13.1 Å². The summed E-state index contributed by atoms with van der Waals surface area (Å²) in [6, 6.07) is 8.34. The summed E-state index contributed by atoms with van der Waals surface area (Å²) in [6.07, 6.45) is 6.67. The topological polar surface area (TPSA) is 75.3 Å². The van der Waals surface area contributed by atoms with Gasteiger partial charge in [-0.2, -0.15) is 0 Å². The summed E-state index contributed by atoms with van der Waals surface area (Å²) in [7, 11) is -3.26. The molecule has 1 aromatic carbocycles. The zero-order chi connectivity index (χ0) is 21.9. The van der Waals surface area contributed by atoms with Crippen LogP contribution in [0.5, 0.6) is 0 Å². The molecule has 168 valence electrons. The number of amides is 1. The molecule has 30 heavy (non-hydrogen) atoms. The predicted molar refractivity (Wildman–Crippen MR) is 123 cm³/mol. The molecule has 0 heterocycles. The zero-order valence-electron chi connectivity index (χ0n) is 18.9. The summed E-state index contributed by atoms with van der Waals surface area (Å²) in [5.74, 6) is 2.17. The fraction of sp³-hybridized carbons (Fsp3) is 0.708. The number of carbonyl (C=O) groups excluding carboxylic acids is 1. The molecule has 2 unspecified atom stereocenters. The molecule has 2 atom stereocenters. The van der Waals surface area contributed by atoms with Crippen LogP contribution in [0, 0.1) is 17.8 Å². The van der Waals surface area contributed by atoms with Gasteiger partial charge in [-0.05, 0) is 94.2 Å². The van der Waals surface area contributed by atoms with E-state index in [1.54, 1.807) is 13.8 Å². The molecule has 6 heteroatoms. The third-order valence-corrected chi connectivity index (χ3v) is 8.78. The first-order valence-electron chi connectivity index (χ1n) is 11.6. The minimum Gasteiger partial charge on any atom is -0.326 e. The molecule has 2 aliphatic rings. The van der Waals surface area contributed by atoms with Crippen LogP contribution < -0.4 is 10.0 Å². The smallest absolute Gasteiger partial charge is 0.227 e. The molecular formula is C24H38N2O3S. The fourth-order valence-electron chi connectivity index (χ4n) is 5.14. The number of nitrogens with one attached hydrogen (secondary N) is 2. The molecule has 0 spiro atoms. The number of hydrogen-bond donors (Lipinski definition) is 2.